The number of likely N-dealkylation sites (N-methyl/N-ethyl adjacent to an activating group) is 1. The van der Waals surface area contributed by atoms with Crippen LogP contribution in [-0.2, 0) is 9.59 Å². The summed E-state index contributed by atoms with van der Waals surface area (Å²) in [5.74, 6) is -0.375. The number of carbonyl (C=O) groups is 2. The first-order valence-electron chi connectivity index (χ1n) is 13.0. The van der Waals surface area contributed by atoms with Crippen molar-refractivity contribution in [2.75, 3.05) is 37.0 Å². The molecule has 1 unspecified atom stereocenters. The number of anilines is 2. The Kier molecular flexibility index (Phi) is 8.04. The molecule has 1 saturated carbocycles. The minimum absolute atomic E-state index is 0.0634. The summed E-state index contributed by atoms with van der Waals surface area (Å²) in [4.78, 5) is 37.3. The summed E-state index contributed by atoms with van der Waals surface area (Å²) in [6.07, 6.45) is 6.15. The summed E-state index contributed by atoms with van der Waals surface area (Å²) in [7, 11) is 3.47. The van der Waals surface area contributed by atoms with Crippen molar-refractivity contribution in [3.8, 4) is 28.1 Å². The normalized spacial score (nSPS) is 16.1. The van der Waals surface area contributed by atoms with Gasteiger partial charge in [0.15, 0.2) is 16.7 Å². The number of aliphatic carboxylic acids is 1. The van der Waals surface area contributed by atoms with Crippen molar-refractivity contribution in [3.63, 3.8) is 0 Å². The van der Waals surface area contributed by atoms with E-state index >= 15 is 4.39 Å². The van der Waals surface area contributed by atoms with E-state index in [0.29, 0.717) is 46.4 Å². The number of carboxylic acid groups (broad SMARTS) is 1. The average Bonchev–Trinajstić information content (AvgIpc) is 3.56. The molecule has 0 spiro atoms. The highest BCUT2D eigenvalue weighted by atomic mass is 35.5. The summed E-state index contributed by atoms with van der Waals surface area (Å²) in [6.45, 7) is 1.27. The number of hydrogen-bond donors (Lipinski definition) is 1. The first-order chi connectivity index (χ1) is 18.7. The Hall–Kier alpha value is -3.24. The number of halogens is 2. The molecule has 0 bridgehead atoms. The zero-order valence-corrected chi connectivity index (χ0v) is 23.4. The third kappa shape index (κ3) is 5.86. The zero-order chi connectivity index (χ0) is 27.7. The Labute approximate surface area is 235 Å². The lowest BCUT2D eigenvalue weighted by Gasteiger charge is -2.26. The number of pyridine rings is 1. The van der Waals surface area contributed by atoms with E-state index in [9.17, 15) is 14.7 Å². The topological polar surface area (TPSA) is 95.9 Å². The molecule has 2 aliphatic rings. The summed E-state index contributed by atoms with van der Waals surface area (Å²) in [5.41, 5.74) is 1.91. The molecule has 1 aliphatic heterocycles. The van der Waals surface area contributed by atoms with Gasteiger partial charge in [-0.25, -0.2) is 9.97 Å². The van der Waals surface area contributed by atoms with E-state index in [1.54, 1.807) is 24.4 Å². The van der Waals surface area contributed by atoms with Gasteiger partial charge in [0, 0.05) is 42.4 Å². The first kappa shape index (κ1) is 27.3. The van der Waals surface area contributed by atoms with Crippen molar-refractivity contribution in [1.29, 1.82) is 0 Å². The predicted octanol–water partition coefficient (Wildman–Crippen LogP) is 6.13. The van der Waals surface area contributed by atoms with Crippen LogP contribution >= 0.6 is 22.9 Å². The smallest absolute Gasteiger partial charge is 0.304 e. The number of fused-ring (bicyclic) bond motifs is 1. The van der Waals surface area contributed by atoms with Gasteiger partial charge in [-0.1, -0.05) is 54.7 Å². The van der Waals surface area contributed by atoms with Crippen molar-refractivity contribution >= 4 is 45.8 Å². The standard InChI is InChI=1S/C28H30ClFN4O4S/c1-33-9-10-38-22-12-18(15-31-26(22)33)20-8-7-19(29)14-21(20)24-25(30)39-28(32-24)34(2)27(37)17(13-23(35)36)11-16-5-3-4-6-16/h7-8,12,14-17H,3-6,9-11,13H2,1-2H3,(H,35,36). The number of rotatable bonds is 8. The fraction of sp³-hybridized carbons (Fsp3) is 0.429. The van der Waals surface area contributed by atoms with Gasteiger partial charge < -0.3 is 14.7 Å². The van der Waals surface area contributed by atoms with Crippen LogP contribution in [-0.4, -0.2) is 54.2 Å². The number of thiazole rings is 1. The van der Waals surface area contributed by atoms with Crippen LogP contribution in [0.4, 0.5) is 15.3 Å². The molecule has 1 aliphatic carbocycles. The predicted molar refractivity (Wildman–Crippen MR) is 150 cm³/mol. The number of carboxylic acids is 1. The van der Waals surface area contributed by atoms with E-state index in [4.69, 9.17) is 16.3 Å². The van der Waals surface area contributed by atoms with Gasteiger partial charge in [0.2, 0.25) is 11.0 Å². The minimum Gasteiger partial charge on any atom is -0.488 e. The Morgan fingerprint density at radius 1 is 1.28 bits per heavy atom. The second kappa shape index (κ2) is 11.5. The fourth-order valence-electron chi connectivity index (χ4n) is 5.44. The second-order valence-electron chi connectivity index (χ2n) is 10.2. The molecule has 3 aromatic rings. The lowest BCUT2D eigenvalue weighted by Crippen LogP contribution is -2.35. The van der Waals surface area contributed by atoms with Gasteiger partial charge in [-0.15, -0.1) is 0 Å². The van der Waals surface area contributed by atoms with Crippen LogP contribution in [0.5, 0.6) is 5.75 Å². The van der Waals surface area contributed by atoms with Gasteiger partial charge in [-0.3, -0.25) is 14.5 Å². The molecule has 11 heteroatoms. The maximum absolute atomic E-state index is 15.4. The minimum atomic E-state index is -1.02. The highest BCUT2D eigenvalue weighted by Gasteiger charge is 2.31. The molecule has 206 valence electrons. The lowest BCUT2D eigenvalue weighted by molar-refractivity contribution is -0.140. The van der Waals surface area contributed by atoms with E-state index in [1.165, 1.54) is 11.9 Å². The number of aromatic nitrogens is 2. The number of ether oxygens (including phenoxy) is 1. The van der Waals surface area contributed by atoms with Crippen LogP contribution in [0.25, 0.3) is 22.4 Å². The van der Waals surface area contributed by atoms with Gasteiger partial charge in [0.1, 0.15) is 12.3 Å². The molecule has 0 saturated heterocycles. The maximum Gasteiger partial charge on any atom is 0.304 e. The largest absolute Gasteiger partial charge is 0.488 e. The SMILES string of the molecule is CN1CCOc2cc(-c3ccc(Cl)cc3-c3nc(N(C)C(=O)C(CC(=O)O)CC4CCCC4)sc3F)cnc21. The van der Waals surface area contributed by atoms with Crippen molar-refractivity contribution in [2.24, 2.45) is 11.8 Å². The van der Waals surface area contributed by atoms with Gasteiger partial charge >= 0.3 is 5.97 Å². The van der Waals surface area contributed by atoms with Crippen molar-refractivity contribution in [3.05, 3.63) is 40.6 Å². The number of nitrogens with zero attached hydrogens (tertiary/aromatic N) is 4. The van der Waals surface area contributed by atoms with Gasteiger partial charge in [0.25, 0.3) is 0 Å². The molecule has 3 heterocycles. The molecule has 1 fully saturated rings. The Morgan fingerprint density at radius 2 is 2.05 bits per heavy atom. The van der Waals surface area contributed by atoms with E-state index in [2.05, 4.69) is 9.97 Å². The maximum atomic E-state index is 15.4. The number of hydrogen-bond acceptors (Lipinski definition) is 7. The lowest BCUT2D eigenvalue weighted by atomic mass is 9.90. The van der Waals surface area contributed by atoms with E-state index < -0.39 is 17.0 Å². The molecule has 8 nitrogen and oxygen atoms in total. The van der Waals surface area contributed by atoms with Crippen LogP contribution in [0, 0.1) is 17.0 Å². The summed E-state index contributed by atoms with van der Waals surface area (Å²) in [6, 6.07) is 7.00. The van der Waals surface area contributed by atoms with Crippen LogP contribution in [0.2, 0.25) is 5.02 Å². The first-order valence-corrected chi connectivity index (χ1v) is 14.2. The molecular formula is C28H30ClFN4O4S. The quantitative estimate of drug-likeness (QED) is 0.347. The third-order valence-corrected chi connectivity index (χ3v) is 8.64. The third-order valence-electron chi connectivity index (χ3n) is 7.48. The summed E-state index contributed by atoms with van der Waals surface area (Å²) < 4.78 is 21.2. The molecular weight excluding hydrogens is 543 g/mol. The van der Waals surface area contributed by atoms with Gasteiger partial charge in [-0.2, -0.15) is 4.39 Å². The molecule has 1 N–H and O–H groups in total. The van der Waals surface area contributed by atoms with Gasteiger partial charge in [0.05, 0.1) is 13.0 Å². The fourth-order valence-corrected chi connectivity index (χ4v) is 6.39. The highest BCUT2D eigenvalue weighted by molar-refractivity contribution is 7.14. The molecule has 39 heavy (non-hydrogen) atoms. The highest BCUT2D eigenvalue weighted by Crippen LogP contribution is 2.41. The van der Waals surface area contributed by atoms with Crippen molar-refractivity contribution < 1.29 is 23.8 Å². The summed E-state index contributed by atoms with van der Waals surface area (Å²) >= 11 is 7.07. The zero-order valence-electron chi connectivity index (χ0n) is 21.8. The van der Waals surface area contributed by atoms with E-state index in [-0.39, 0.29) is 23.2 Å². The van der Waals surface area contributed by atoms with Crippen LogP contribution in [0.3, 0.4) is 0 Å². The average molecular weight is 573 g/mol. The van der Waals surface area contributed by atoms with Crippen molar-refractivity contribution in [2.45, 2.75) is 38.5 Å². The Morgan fingerprint density at radius 3 is 2.79 bits per heavy atom. The number of carbonyl (C=O) groups excluding carboxylic acids is 1. The molecule has 5 rings (SSSR count). The molecule has 1 amide bonds. The van der Waals surface area contributed by atoms with Crippen LogP contribution in [0.1, 0.15) is 38.5 Å². The van der Waals surface area contributed by atoms with Crippen molar-refractivity contribution in [1.82, 2.24) is 9.97 Å². The van der Waals surface area contributed by atoms with Crippen LogP contribution in [0.15, 0.2) is 30.5 Å². The summed E-state index contributed by atoms with van der Waals surface area (Å²) in [5, 5.41) is 9.44. The number of amides is 1. The monoisotopic (exact) mass is 572 g/mol. The second-order valence-corrected chi connectivity index (χ2v) is 11.6. The van der Waals surface area contributed by atoms with Gasteiger partial charge in [-0.05, 0) is 36.1 Å². The molecule has 1 atom stereocenters. The molecule has 0 radical (unpaired) electrons. The molecule has 2 aromatic heterocycles. The van der Waals surface area contributed by atoms with E-state index in [0.717, 1.165) is 49.4 Å². The van der Waals surface area contributed by atoms with Crippen LogP contribution < -0.4 is 14.5 Å². The Bertz CT molecular complexity index is 1390. The number of benzene rings is 1. The Balaban J connectivity index is 1.46. The molecule has 1 aromatic carbocycles. The van der Waals surface area contributed by atoms with E-state index in [1.807, 2.05) is 18.0 Å².